The van der Waals surface area contributed by atoms with Crippen molar-refractivity contribution in [3.8, 4) is 6.07 Å². The van der Waals surface area contributed by atoms with Crippen LogP contribution in [0, 0.1) is 11.3 Å². The Bertz CT molecular complexity index is 533. The molecule has 0 aliphatic carbocycles. The Morgan fingerprint density at radius 2 is 2.29 bits per heavy atom. The average Bonchev–Trinajstić information content (AvgIpc) is 2.83. The Balaban J connectivity index is 2.52. The number of carboxylic acid groups (broad SMARTS) is 1. The first-order valence-electron chi connectivity index (χ1n) is 6.46. The van der Waals surface area contributed by atoms with Crippen LogP contribution in [-0.2, 0) is 17.9 Å². The van der Waals surface area contributed by atoms with E-state index in [0.29, 0.717) is 12.2 Å². The lowest BCUT2D eigenvalue weighted by molar-refractivity contribution is -0.137. The van der Waals surface area contributed by atoms with Crippen LogP contribution in [-0.4, -0.2) is 49.6 Å². The van der Waals surface area contributed by atoms with E-state index >= 15 is 0 Å². The van der Waals surface area contributed by atoms with Crippen LogP contribution in [0.3, 0.4) is 0 Å². The van der Waals surface area contributed by atoms with Crippen LogP contribution in [0.25, 0.3) is 0 Å². The molecule has 9 nitrogen and oxygen atoms in total. The molecule has 2 amide bonds. The number of urea groups is 1. The summed E-state index contributed by atoms with van der Waals surface area (Å²) >= 11 is 0. The largest absolute Gasteiger partial charge is 0.480 e. The Kier molecular flexibility index (Phi) is 6.13. The molecule has 0 aliphatic rings. The van der Waals surface area contributed by atoms with E-state index in [2.05, 4.69) is 15.6 Å². The lowest BCUT2D eigenvalue weighted by Crippen LogP contribution is -2.44. The van der Waals surface area contributed by atoms with Crippen molar-refractivity contribution in [2.24, 2.45) is 0 Å². The van der Waals surface area contributed by atoms with Gasteiger partial charge in [0.1, 0.15) is 12.2 Å². The van der Waals surface area contributed by atoms with Gasteiger partial charge in [0.15, 0.2) is 0 Å². The van der Waals surface area contributed by atoms with Crippen LogP contribution < -0.4 is 5.32 Å². The quantitative estimate of drug-likeness (QED) is 0.740. The maximum atomic E-state index is 12.0. The minimum Gasteiger partial charge on any atom is -0.480 e. The van der Waals surface area contributed by atoms with Gasteiger partial charge in [-0.3, -0.25) is 4.79 Å². The second kappa shape index (κ2) is 7.84. The van der Waals surface area contributed by atoms with E-state index in [1.54, 1.807) is 4.90 Å². The molecule has 0 aliphatic heterocycles. The molecule has 0 fully saturated rings. The second-order valence-corrected chi connectivity index (χ2v) is 4.66. The van der Waals surface area contributed by atoms with Crippen molar-refractivity contribution >= 4 is 12.0 Å². The van der Waals surface area contributed by atoms with Gasteiger partial charge in [0.25, 0.3) is 0 Å². The van der Waals surface area contributed by atoms with Crippen molar-refractivity contribution in [1.29, 1.82) is 5.26 Å². The average molecular weight is 294 g/mol. The lowest BCUT2D eigenvalue weighted by Gasteiger charge is -2.25. The Morgan fingerprint density at radius 1 is 1.57 bits per heavy atom. The van der Waals surface area contributed by atoms with Crippen molar-refractivity contribution in [1.82, 2.24) is 25.2 Å². The monoisotopic (exact) mass is 294 g/mol. The summed E-state index contributed by atoms with van der Waals surface area (Å²) < 4.78 is 1.18. The third kappa shape index (κ3) is 5.48. The minimum atomic E-state index is -1.02. The minimum absolute atomic E-state index is 0.0268. The first kappa shape index (κ1) is 16.4. The van der Waals surface area contributed by atoms with Crippen LogP contribution in [0.15, 0.2) is 6.20 Å². The molecule has 114 valence electrons. The van der Waals surface area contributed by atoms with Crippen LogP contribution in [0.1, 0.15) is 26.0 Å². The maximum absolute atomic E-state index is 12.0. The molecule has 0 radical (unpaired) electrons. The van der Waals surface area contributed by atoms with E-state index < -0.39 is 5.97 Å². The summed E-state index contributed by atoms with van der Waals surface area (Å²) in [6, 6.07) is 1.68. The fourth-order valence-corrected chi connectivity index (χ4v) is 1.67. The molecule has 9 heteroatoms. The first-order chi connectivity index (χ1) is 9.93. The third-order valence-electron chi connectivity index (χ3n) is 2.65. The number of carboxylic acids is 1. The SMILES string of the molecule is CC(C)N(CCC#N)C(=O)NCc1cn(CC(=O)O)nn1. The highest BCUT2D eigenvalue weighted by atomic mass is 16.4. The summed E-state index contributed by atoms with van der Waals surface area (Å²) in [5.41, 5.74) is 0.466. The van der Waals surface area contributed by atoms with Gasteiger partial charge in [-0.15, -0.1) is 5.10 Å². The van der Waals surface area contributed by atoms with Crippen LogP contribution in [0.5, 0.6) is 0 Å². The molecule has 0 atom stereocenters. The first-order valence-corrected chi connectivity index (χ1v) is 6.46. The van der Waals surface area contributed by atoms with Gasteiger partial charge >= 0.3 is 12.0 Å². The third-order valence-corrected chi connectivity index (χ3v) is 2.65. The van der Waals surface area contributed by atoms with Crippen molar-refractivity contribution in [2.45, 2.75) is 39.4 Å². The molecule has 0 spiro atoms. The number of nitriles is 1. The molecule has 2 N–H and O–H groups in total. The number of aromatic nitrogens is 3. The predicted octanol–water partition coefficient (Wildman–Crippen LogP) is 0.196. The van der Waals surface area contributed by atoms with E-state index in [9.17, 15) is 9.59 Å². The van der Waals surface area contributed by atoms with Gasteiger partial charge in [0.2, 0.25) is 0 Å². The van der Waals surface area contributed by atoms with Gasteiger partial charge in [0.05, 0.1) is 25.2 Å². The van der Waals surface area contributed by atoms with Crippen molar-refractivity contribution in [3.05, 3.63) is 11.9 Å². The zero-order chi connectivity index (χ0) is 15.8. The number of carbonyl (C=O) groups is 2. The van der Waals surface area contributed by atoms with Crippen molar-refractivity contribution < 1.29 is 14.7 Å². The standard InChI is InChI=1S/C12H18N6O3/c1-9(2)18(5-3-4-13)12(21)14-6-10-7-17(16-15-10)8-11(19)20/h7,9H,3,5-6,8H2,1-2H3,(H,14,21)(H,19,20). The number of hydrogen-bond donors (Lipinski definition) is 2. The summed E-state index contributed by atoms with van der Waals surface area (Å²) in [4.78, 5) is 24.1. The highest BCUT2D eigenvalue weighted by Crippen LogP contribution is 2.01. The molecular weight excluding hydrogens is 276 g/mol. The van der Waals surface area contributed by atoms with E-state index in [1.165, 1.54) is 10.9 Å². The number of carbonyl (C=O) groups excluding carboxylic acids is 1. The van der Waals surface area contributed by atoms with Gasteiger partial charge in [-0.2, -0.15) is 5.26 Å². The highest BCUT2D eigenvalue weighted by Gasteiger charge is 2.16. The lowest BCUT2D eigenvalue weighted by atomic mass is 10.3. The molecular formula is C12H18N6O3. The summed E-state index contributed by atoms with van der Waals surface area (Å²) in [6.45, 7) is 3.95. The summed E-state index contributed by atoms with van der Waals surface area (Å²) in [7, 11) is 0. The molecule has 0 saturated carbocycles. The summed E-state index contributed by atoms with van der Waals surface area (Å²) in [5.74, 6) is -1.02. The topological polar surface area (TPSA) is 124 Å². The fraction of sp³-hybridized carbons (Fsp3) is 0.583. The fourth-order valence-electron chi connectivity index (χ4n) is 1.67. The second-order valence-electron chi connectivity index (χ2n) is 4.66. The molecule has 1 rings (SSSR count). The van der Waals surface area contributed by atoms with Crippen molar-refractivity contribution in [3.63, 3.8) is 0 Å². The van der Waals surface area contributed by atoms with Gasteiger partial charge in [-0.1, -0.05) is 5.21 Å². The Morgan fingerprint density at radius 3 is 2.86 bits per heavy atom. The number of nitrogens with zero attached hydrogens (tertiary/aromatic N) is 5. The van der Waals surface area contributed by atoms with Crippen molar-refractivity contribution in [2.75, 3.05) is 6.54 Å². The smallest absolute Gasteiger partial charge is 0.325 e. The Labute approximate surface area is 122 Å². The predicted molar refractivity (Wildman–Crippen MR) is 72.0 cm³/mol. The van der Waals surface area contributed by atoms with Gasteiger partial charge in [-0.05, 0) is 13.8 Å². The molecule has 1 aromatic heterocycles. The zero-order valence-corrected chi connectivity index (χ0v) is 12.0. The van der Waals surface area contributed by atoms with E-state index in [1.807, 2.05) is 19.9 Å². The zero-order valence-electron chi connectivity index (χ0n) is 12.0. The Hall–Kier alpha value is -2.63. The van der Waals surface area contributed by atoms with Crippen LogP contribution >= 0.6 is 0 Å². The van der Waals surface area contributed by atoms with E-state index in [0.717, 1.165) is 0 Å². The van der Waals surface area contributed by atoms with Gasteiger partial charge in [-0.25, -0.2) is 9.48 Å². The molecule has 0 unspecified atom stereocenters. The molecule has 0 aromatic carbocycles. The molecule has 0 bridgehead atoms. The maximum Gasteiger partial charge on any atom is 0.325 e. The normalized spacial score (nSPS) is 10.2. The van der Waals surface area contributed by atoms with Gasteiger partial charge < -0.3 is 15.3 Å². The number of hydrogen-bond acceptors (Lipinski definition) is 5. The molecule has 21 heavy (non-hydrogen) atoms. The number of aliphatic carboxylic acids is 1. The van der Waals surface area contributed by atoms with Crippen LogP contribution in [0.2, 0.25) is 0 Å². The molecule has 1 heterocycles. The molecule has 1 aromatic rings. The highest BCUT2D eigenvalue weighted by molar-refractivity contribution is 5.74. The number of nitrogens with one attached hydrogen (secondary N) is 1. The van der Waals surface area contributed by atoms with Crippen LogP contribution in [0.4, 0.5) is 4.79 Å². The molecule has 0 saturated heterocycles. The van der Waals surface area contributed by atoms with E-state index in [4.69, 9.17) is 10.4 Å². The number of amides is 2. The van der Waals surface area contributed by atoms with Gasteiger partial charge in [0, 0.05) is 12.6 Å². The van der Waals surface area contributed by atoms with E-state index in [-0.39, 0.29) is 31.6 Å². The summed E-state index contributed by atoms with van der Waals surface area (Å²) in [6.07, 6.45) is 1.73. The number of rotatable bonds is 7. The summed E-state index contributed by atoms with van der Waals surface area (Å²) in [5, 5.41) is 27.3.